The summed E-state index contributed by atoms with van der Waals surface area (Å²) in [6.07, 6.45) is 9.05. The van der Waals surface area contributed by atoms with Gasteiger partial charge in [-0.2, -0.15) is 0 Å². The fourth-order valence-electron chi connectivity index (χ4n) is 4.60. The fraction of sp³-hybridized carbons (Fsp3) is 0.667. The van der Waals surface area contributed by atoms with Crippen LogP contribution in [0.4, 0.5) is 0 Å². The Morgan fingerprint density at radius 1 is 1.33 bits per heavy atom. The van der Waals surface area contributed by atoms with E-state index in [-0.39, 0.29) is 30.3 Å². The summed E-state index contributed by atoms with van der Waals surface area (Å²) in [4.78, 5) is 30.0. The first-order valence-corrected chi connectivity index (χ1v) is 12.3. The molecule has 0 aromatic rings. The SMILES string of the molecule is COC1=CC=CC(C2=C(Cl)NC(NCCC3CCN(C)CC3)C(=O)N2CC(=O)NC(C)C)C1. The molecule has 2 aliphatic heterocycles. The Hall–Kier alpha value is -2.03. The van der Waals surface area contributed by atoms with Crippen LogP contribution in [0, 0.1) is 11.8 Å². The standard InChI is InChI=1S/C24H38ClN5O3/c1-16(2)27-20(31)15-30-21(18-6-5-7-19(14-18)33-4)22(25)28-23(24(30)32)26-11-8-17-9-12-29(3)13-10-17/h5-7,16-18,23,26,28H,8-15H2,1-4H3,(H,27,31). The van der Waals surface area contributed by atoms with Crippen LogP contribution in [-0.4, -0.2) is 74.2 Å². The van der Waals surface area contributed by atoms with Crippen molar-refractivity contribution in [1.29, 1.82) is 0 Å². The van der Waals surface area contributed by atoms with Crippen molar-refractivity contribution in [1.82, 2.24) is 25.8 Å². The third kappa shape index (κ3) is 6.98. The Morgan fingerprint density at radius 2 is 2.06 bits per heavy atom. The maximum absolute atomic E-state index is 13.5. The van der Waals surface area contributed by atoms with E-state index in [1.165, 1.54) is 17.7 Å². The number of allylic oxidation sites excluding steroid dienone is 4. The highest BCUT2D eigenvalue weighted by Crippen LogP contribution is 2.33. The minimum atomic E-state index is -0.663. The number of ether oxygens (including phenoxy) is 1. The van der Waals surface area contributed by atoms with E-state index in [1.54, 1.807) is 7.11 Å². The number of hydrogen-bond donors (Lipinski definition) is 3. The van der Waals surface area contributed by atoms with Crippen LogP contribution in [0.15, 0.2) is 34.8 Å². The van der Waals surface area contributed by atoms with Gasteiger partial charge >= 0.3 is 0 Å². The molecule has 0 aromatic heterocycles. The van der Waals surface area contributed by atoms with Crippen LogP contribution in [0.5, 0.6) is 0 Å². The van der Waals surface area contributed by atoms with Gasteiger partial charge in [-0.3, -0.25) is 14.9 Å². The summed E-state index contributed by atoms with van der Waals surface area (Å²) in [5, 5.41) is 9.73. The van der Waals surface area contributed by atoms with Crippen LogP contribution in [0.3, 0.4) is 0 Å². The Morgan fingerprint density at radius 3 is 2.73 bits per heavy atom. The third-order valence-corrected chi connectivity index (χ3v) is 6.75. The lowest BCUT2D eigenvalue weighted by atomic mass is 9.93. The van der Waals surface area contributed by atoms with Gasteiger partial charge in [-0.25, -0.2) is 0 Å². The van der Waals surface area contributed by atoms with E-state index >= 15 is 0 Å². The highest BCUT2D eigenvalue weighted by Gasteiger charge is 2.38. The number of nitrogens with zero attached hydrogens (tertiary/aromatic N) is 2. The Labute approximate surface area is 202 Å². The highest BCUT2D eigenvalue weighted by atomic mass is 35.5. The van der Waals surface area contributed by atoms with Gasteiger partial charge in [0.15, 0.2) is 6.17 Å². The van der Waals surface area contributed by atoms with Crippen molar-refractivity contribution in [3.05, 3.63) is 34.8 Å². The molecular formula is C24H38ClN5O3. The quantitative estimate of drug-likeness (QED) is 0.439. The van der Waals surface area contributed by atoms with Gasteiger partial charge < -0.3 is 25.2 Å². The molecule has 8 nitrogen and oxygen atoms in total. The van der Waals surface area contributed by atoms with Gasteiger partial charge in [-0.05, 0) is 71.8 Å². The smallest absolute Gasteiger partial charge is 0.264 e. The number of nitrogens with one attached hydrogen (secondary N) is 3. The van der Waals surface area contributed by atoms with Gasteiger partial charge in [-0.1, -0.05) is 23.8 Å². The summed E-state index contributed by atoms with van der Waals surface area (Å²) in [5.74, 6) is 0.888. The molecular weight excluding hydrogens is 442 g/mol. The molecule has 3 rings (SSSR count). The molecule has 1 saturated heterocycles. The first-order chi connectivity index (χ1) is 15.8. The summed E-state index contributed by atoms with van der Waals surface area (Å²) in [6, 6.07) is -0.0144. The van der Waals surface area contributed by atoms with E-state index in [1.807, 2.05) is 32.1 Å². The molecule has 1 aliphatic carbocycles. The van der Waals surface area contributed by atoms with E-state index in [0.29, 0.717) is 29.7 Å². The minimum Gasteiger partial charge on any atom is -0.501 e. The molecule has 3 N–H and O–H groups in total. The maximum Gasteiger partial charge on any atom is 0.264 e. The molecule has 2 atom stereocenters. The maximum atomic E-state index is 13.5. The van der Waals surface area contributed by atoms with Crippen molar-refractivity contribution in [3.8, 4) is 0 Å². The van der Waals surface area contributed by atoms with Gasteiger partial charge in [0, 0.05) is 18.4 Å². The Kier molecular flexibility index (Phi) is 9.23. The van der Waals surface area contributed by atoms with Crippen molar-refractivity contribution >= 4 is 23.4 Å². The first kappa shape index (κ1) is 25.6. The summed E-state index contributed by atoms with van der Waals surface area (Å²) in [6.45, 7) is 6.67. The van der Waals surface area contributed by atoms with Gasteiger partial charge in [0.1, 0.15) is 11.7 Å². The van der Waals surface area contributed by atoms with E-state index < -0.39 is 6.17 Å². The molecule has 2 unspecified atom stereocenters. The van der Waals surface area contributed by atoms with Crippen molar-refractivity contribution in [2.45, 2.75) is 51.7 Å². The molecule has 3 aliphatic rings. The van der Waals surface area contributed by atoms with Crippen LogP contribution >= 0.6 is 11.6 Å². The van der Waals surface area contributed by atoms with Gasteiger partial charge in [0.25, 0.3) is 5.91 Å². The van der Waals surface area contributed by atoms with Gasteiger partial charge in [0.05, 0.1) is 18.6 Å². The second kappa shape index (κ2) is 11.9. The summed E-state index contributed by atoms with van der Waals surface area (Å²) >= 11 is 6.70. The number of halogens is 1. The van der Waals surface area contributed by atoms with Crippen molar-refractivity contribution < 1.29 is 14.3 Å². The fourth-order valence-corrected chi connectivity index (χ4v) is 4.95. The monoisotopic (exact) mass is 479 g/mol. The van der Waals surface area contributed by atoms with Crippen molar-refractivity contribution in [2.24, 2.45) is 11.8 Å². The van der Waals surface area contributed by atoms with E-state index in [0.717, 1.165) is 25.3 Å². The Balaban J connectivity index is 1.71. The van der Waals surface area contributed by atoms with E-state index in [9.17, 15) is 9.59 Å². The topological polar surface area (TPSA) is 85.9 Å². The number of piperidine rings is 1. The zero-order valence-corrected chi connectivity index (χ0v) is 21.0. The van der Waals surface area contributed by atoms with Crippen molar-refractivity contribution in [2.75, 3.05) is 40.3 Å². The first-order valence-electron chi connectivity index (χ1n) is 11.9. The van der Waals surface area contributed by atoms with Crippen LogP contribution in [-0.2, 0) is 14.3 Å². The third-order valence-electron chi connectivity index (χ3n) is 6.45. The lowest BCUT2D eigenvalue weighted by Gasteiger charge is -2.39. The second-order valence-electron chi connectivity index (χ2n) is 9.45. The summed E-state index contributed by atoms with van der Waals surface area (Å²) in [7, 11) is 3.78. The average molecular weight is 480 g/mol. The lowest BCUT2D eigenvalue weighted by molar-refractivity contribution is -0.137. The second-order valence-corrected chi connectivity index (χ2v) is 9.82. The number of likely N-dealkylation sites (tertiary alicyclic amines) is 1. The molecule has 0 bridgehead atoms. The molecule has 2 amide bonds. The van der Waals surface area contributed by atoms with Crippen LogP contribution in [0.2, 0.25) is 0 Å². The number of methoxy groups -OCH3 is 1. The molecule has 0 saturated carbocycles. The summed E-state index contributed by atoms with van der Waals surface area (Å²) in [5.41, 5.74) is 0.604. The molecule has 184 valence electrons. The normalized spacial score (nSPS) is 24.7. The van der Waals surface area contributed by atoms with Crippen LogP contribution in [0.25, 0.3) is 0 Å². The average Bonchev–Trinajstić information content (AvgIpc) is 2.77. The number of rotatable bonds is 9. The predicted octanol–water partition coefficient (Wildman–Crippen LogP) is 2.10. The highest BCUT2D eigenvalue weighted by molar-refractivity contribution is 6.30. The largest absolute Gasteiger partial charge is 0.501 e. The van der Waals surface area contributed by atoms with Crippen molar-refractivity contribution in [3.63, 3.8) is 0 Å². The Bertz CT molecular complexity index is 802. The number of carbonyl (C=O) groups is 2. The molecule has 33 heavy (non-hydrogen) atoms. The molecule has 0 radical (unpaired) electrons. The summed E-state index contributed by atoms with van der Waals surface area (Å²) < 4.78 is 5.41. The van der Waals surface area contributed by atoms with Crippen LogP contribution in [0.1, 0.15) is 39.5 Å². The number of amides is 2. The van der Waals surface area contributed by atoms with E-state index in [4.69, 9.17) is 16.3 Å². The number of carbonyl (C=O) groups excluding carboxylic acids is 2. The lowest BCUT2D eigenvalue weighted by Crippen LogP contribution is -2.60. The van der Waals surface area contributed by atoms with E-state index in [2.05, 4.69) is 27.9 Å². The minimum absolute atomic E-state index is 0.0144. The molecule has 0 spiro atoms. The van der Waals surface area contributed by atoms with Gasteiger partial charge in [-0.15, -0.1) is 0 Å². The predicted molar refractivity (Wildman–Crippen MR) is 130 cm³/mol. The zero-order chi connectivity index (χ0) is 24.0. The molecule has 9 heteroatoms. The van der Waals surface area contributed by atoms with Crippen LogP contribution < -0.4 is 16.0 Å². The molecule has 0 aromatic carbocycles. The zero-order valence-electron chi connectivity index (χ0n) is 20.2. The van der Waals surface area contributed by atoms with Gasteiger partial charge in [0.2, 0.25) is 5.91 Å². The number of hydrogen-bond acceptors (Lipinski definition) is 6. The molecule has 1 fully saturated rings. The molecule has 2 heterocycles.